The minimum Gasteiger partial charge on any atom is -0.409 e. The summed E-state index contributed by atoms with van der Waals surface area (Å²) in [5.74, 6) is 1.16. The lowest BCUT2D eigenvalue weighted by Crippen LogP contribution is -2.25. The van der Waals surface area contributed by atoms with Gasteiger partial charge in [0.2, 0.25) is 0 Å². The van der Waals surface area contributed by atoms with Gasteiger partial charge >= 0.3 is 0 Å². The zero-order chi connectivity index (χ0) is 13.3. The van der Waals surface area contributed by atoms with Crippen LogP contribution in [0.4, 0.5) is 0 Å². The van der Waals surface area contributed by atoms with E-state index in [1.807, 2.05) is 24.3 Å². The summed E-state index contributed by atoms with van der Waals surface area (Å²) in [5, 5.41) is 15.2. The molecule has 4 nitrogen and oxygen atoms in total. The molecular formula is C15H21N3O. The maximum atomic E-state index is 8.60. The van der Waals surface area contributed by atoms with Gasteiger partial charge in [0.15, 0.2) is 5.84 Å². The van der Waals surface area contributed by atoms with Gasteiger partial charge in [-0.05, 0) is 42.6 Å². The van der Waals surface area contributed by atoms with Crippen LogP contribution in [-0.2, 0) is 6.54 Å². The Morgan fingerprint density at radius 2 is 2.00 bits per heavy atom. The van der Waals surface area contributed by atoms with Crippen molar-refractivity contribution >= 4 is 5.84 Å². The van der Waals surface area contributed by atoms with Gasteiger partial charge < -0.3 is 16.3 Å². The van der Waals surface area contributed by atoms with Crippen LogP contribution in [0.15, 0.2) is 29.4 Å². The van der Waals surface area contributed by atoms with E-state index in [9.17, 15) is 0 Å². The Hall–Kier alpha value is -1.55. The van der Waals surface area contributed by atoms with Gasteiger partial charge in [0, 0.05) is 18.7 Å². The molecule has 2 saturated carbocycles. The SMILES string of the molecule is N/C(=N/O)c1ccc(CNCC2(C3CC3)CC2)cc1. The average Bonchev–Trinajstić information content (AvgIpc) is 3.30. The number of nitrogens with zero attached hydrogens (tertiary/aromatic N) is 1. The average molecular weight is 259 g/mol. The van der Waals surface area contributed by atoms with E-state index in [1.165, 1.54) is 31.2 Å². The van der Waals surface area contributed by atoms with Gasteiger partial charge in [-0.3, -0.25) is 0 Å². The fourth-order valence-corrected chi connectivity index (χ4v) is 2.89. The van der Waals surface area contributed by atoms with E-state index < -0.39 is 0 Å². The predicted octanol–water partition coefficient (Wildman–Crippen LogP) is 2.06. The third-order valence-corrected chi connectivity index (χ3v) is 4.50. The number of hydrogen-bond donors (Lipinski definition) is 3. The minimum atomic E-state index is 0.158. The molecule has 2 aliphatic rings. The van der Waals surface area contributed by atoms with Gasteiger partial charge in [0.05, 0.1) is 0 Å². The number of oxime groups is 1. The summed E-state index contributed by atoms with van der Waals surface area (Å²) in [6.07, 6.45) is 5.70. The van der Waals surface area contributed by atoms with Gasteiger partial charge in [-0.25, -0.2) is 0 Å². The normalized spacial score (nSPS) is 21.4. The van der Waals surface area contributed by atoms with E-state index in [0.717, 1.165) is 24.6 Å². The molecule has 1 aromatic carbocycles. The largest absolute Gasteiger partial charge is 0.409 e. The van der Waals surface area contributed by atoms with Gasteiger partial charge in [-0.1, -0.05) is 29.4 Å². The Kier molecular flexibility index (Phi) is 3.19. The van der Waals surface area contributed by atoms with Crippen molar-refractivity contribution in [3.8, 4) is 0 Å². The standard InChI is InChI=1S/C15H21N3O/c16-14(18-19)12-3-1-11(2-4-12)9-17-10-15(7-8-15)13-5-6-13/h1-4,13,17,19H,5-10H2,(H2,16,18). The molecule has 3 rings (SSSR count). The van der Waals surface area contributed by atoms with Crippen molar-refractivity contribution in [2.75, 3.05) is 6.54 Å². The zero-order valence-electron chi connectivity index (χ0n) is 11.1. The van der Waals surface area contributed by atoms with Gasteiger partial charge in [-0.15, -0.1) is 0 Å². The summed E-state index contributed by atoms with van der Waals surface area (Å²) in [7, 11) is 0. The fraction of sp³-hybridized carbons (Fsp3) is 0.533. The molecule has 4 N–H and O–H groups in total. The molecule has 19 heavy (non-hydrogen) atoms. The first-order valence-electron chi connectivity index (χ1n) is 7.01. The summed E-state index contributed by atoms with van der Waals surface area (Å²) < 4.78 is 0. The second kappa shape index (κ2) is 4.85. The lowest BCUT2D eigenvalue weighted by Gasteiger charge is -2.15. The van der Waals surface area contributed by atoms with Crippen LogP contribution in [-0.4, -0.2) is 17.6 Å². The molecule has 0 radical (unpaired) electrons. The second-order valence-corrected chi connectivity index (χ2v) is 5.92. The minimum absolute atomic E-state index is 0.158. The maximum absolute atomic E-state index is 8.60. The molecule has 0 spiro atoms. The summed E-state index contributed by atoms with van der Waals surface area (Å²) in [4.78, 5) is 0. The van der Waals surface area contributed by atoms with Crippen LogP contribution < -0.4 is 11.1 Å². The Balaban J connectivity index is 1.50. The zero-order valence-corrected chi connectivity index (χ0v) is 11.1. The Morgan fingerprint density at radius 3 is 2.53 bits per heavy atom. The van der Waals surface area contributed by atoms with E-state index >= 15 is 0 Å². The Bertz CT molecular complexity index is 473. The highest BCUT2D eigenvalue weighted by atomic mass is 16.4. The molecule has 0 amide bonds. The first-order valence-corrected chi connectivity index (χ1v) is 7.01. The van der Waals surface area contributed by atoms with Crippen LogP contribution in [0.5, 0.6) is 0 Å². The third-order valence-electron chi connectivity index (χ3n) is 4.50. The van der Waals surface area contributed by atoms with E-state index in [-0.39, 0.29) is 5.84 Å². The molecule has 0 unspecified atom stereocenters. The second-order valence-electron chi connectivity index (χ2n) is 5.92. The molecule has 102 valence electrons. The molecule has 0 heterocycles. The molecule has 4 heteroatoms. The molecule has 0 aromatic heterocycles. The van der Waals surface area contributed by atoms with E-state index in [0.29, 0.717) is 5.41 Å². The van der Waals surface area contributed by atoms with Crippen molar-refractivity contribution in [1.29, 1.82) is 0 Å². The number of hydrogen-bond acceptors (Lipinski definition) is 3. The van der Waals surface area contributed by atoms with Crippen LogP contribution in [0.1, 0.15) is 36.8 Å². The number of nitrogens with two attached hydrogens (primary N) is 1. The molecule has 2 fully saturated rings. The lowest BCUT2D eigenvalue weighted by atomic mass is 10.0. The third kappa shape index (κ3) is 2.73. The topological polar surface area (TPSA) is 70.6 Å². The highest BCUT2D eigenvalue weighted by molar-refractivity contribution is 5.96. The highest BCUT2D eigenvalue weighted by Gasteiger charge is 2.53. The molecule has 0 bridgehead atoms. The van der Waals surface area contributed by atoms with Crippen molar-refractivity contribution in [3.63, 3.8) is 0 Å². The monoisotopic (exact) mass is 259 g/mol. The first-order chi connectivity index (χ1) is 9.23. The first kappa shape index (κ1) is 12.5. The van der Waals surface area contributed by atoms with Crippen LogP contribution in [0.25, 0.3) is 0 Å². The maximum Gasteiger partial charge on any atom is 0.170 e. The summed E-state index contributed by atoms with van der Waals surface area (Å²) in [6.45, 7) is 2.05. The number of benzene rings is 1. The van der Waals surface area contributed by atoms with E-state index in [1.54, 1.807) is 0 Å². The number of amidine groups is 1. The smallest absolute Gasteiger partial charge is 0.170 e. The summed E-state index contributed by atoms with van der Waals surface area (Å²) in [6, 6.07) is 7.83. The van der Waals surface area contributed by atoms with Gasteiger partial charge in [0.25, 0.3) is 0 Å². The Morgan fingerprint density at radius 1 is 1.32 bits per heavy atom. The van der Waals surface area contributed by atoms with Crippen molar-refractivity contribution < 1.29 is 5.21 Å². The molecule has 1 aromatic rings. The fourth-order valence-electron chi connectivity index (χ4n) is 2.89. The molecule has 0 atom stereocenters. The van der Waals surface area contributed by atoms with Crippen molar-refractivity contribution in [3.05, 3.63) is 35.4 Å². The summed E-state index contributed by atoms with van der Waals surface area (Å²) in [5.41, 5.74) is 8.17. The van der Waals surface area contributed by atoms with Crippen molar-refractivity contribution in [2.45, 2.75) is 32.2 Å². The van der Waals surface area contributed by atoms with E-state index in [2.05, 4.69) is 10.5 Å². The van der Waals surface area contributed by atoms with Crippen molar-refractivity contribution in [2.24, 2.45) is 22.2 Å². The van der Waals surface area contributed by atoms with Crippen molar-refractivity contribution in [1.82, 2.24) is 5.32 Å². The molecule has 0 saturated heterocycles. The van der Waals surface area contributed by atoms with Gasteiger partial charge in [-0.2, -0.15) is 0 Å². The summed E-state index contributed by atoms with van der Waals surface area (Å²) >= 11 is 0. The highest BCUT2D eigenvalue weighted by Crippen LogP contribution is 2.60. The van der Waals surface area contributed by atoms with Crippen LogP contribution in [0.3, 0.4) is 0 Å². The van der Waals surface area contributed by atoms with Crippen LogP contribution in [0.2, 0.25) is 0 Å². The van der Waals surface area contributed by atoms with Crippen LogP contribution >= 0.6 is 0 Å². The van der Waals surface area contributed by atoms with Crippen LogP contribution in [0, 0.1) is 11.3 Å². The molecule has 0 aliphatic heterocycles. The quantitative estimate of drug-likeness (QED) is 0.317. The van der Waals surface area contributed by atoms with Gasteiger partial charge in [0.1, 0.15) is 0 Å². The Labute approximate surface area is 113 Å². The molecule has 2 aliphatic carbocycles. The van der Waals surface area contributed by atoms with E-state index in [4.69, 9.17) is 10.9 Å². The number of nitrogens with one attached hydrogen (secondary N) is 1. The predicted molar refractivity (Wildman–Crippen MR) is 75.1 cm³/mol. The number of rotatable bonds is 6. The lowest BCUT2D eigenvalue weighted by molar-refractivity contribution is 0.318. The molecular weight excluding hydrogens is 238 g/mol.